The van der Waals surface area contributed by atoms with Gasteiger partial charge in [0, 0.05) is 5.69 Å². The van der Waals surface area contributed by atoms with Gasteiger partial charge in [-0.15, -0.1) is 0 Å². The standard InChI is InChI=1S/C10H13N3/c1-3-8(2)9-5-4-6-10-11-7-12-13(9)10/h4-8H,3H2,1-2H3. The zero-order valence-corrected chi connectivity index (χ0v) is 7.94. The molecule has 2 aromatic rings. The van der Waals surface area contributed by atoms with Crippen molar-refractivity contribution in [1.82, 2.24) is 14.6 Å². The molecule has 0 amide bonds. The number of pyridine rings is 1. The van der Waals surface area contributed by atoms with E-state index in [1.54, 1.807) is 6.33 Å². The van der Waals surface area contributed by atoms with E-state index in [9.17, 15) is 0 Å². The van der Waals surface area contributed by atoms with Gasteiger partial charge in [-0.3, -0.25) is 0 Å². The fraction of sp³-hybridized carbons (Fsp3) is 0.400. The molecule has 0 fully saturated rings. The first-order valence-corrected chi connectivity index (χ1v) is 4.61. The van der Waals surface area contributed by atoms with Crippen LogP contribution in [0.3, 0.4) is 0 Å². The third kappa shape index (κ3) is 1.30. The van der Waals surface area contributed by atoms with Gasteiger partial charge in [0.05, 0.1) is 0 Å². The van der Waals surface area contributed by atoms with Gasteiger partial charge in [-0.05, 0) is 24.5 Å². The molecule has 2 aromatic heterocycles. The van der Waals surface area contributed by atoms with E-state index >= 15 is 0 Å². The summed E-state index contributed by atoms with van der Waals surface area (Å²) in [5, 5.41) is 4.19. The highest BCUT2D eigenvalue weighted by Gasteiger charge is 2.07. The van der Waals surface area contributed by atoms with E-state index in [4.69, 9.17) is 0 Å². The van der Waals surface area contributed by atoms with Gasteiger partial charge in [-0.25, -0.2) is 9.50 Å². The molecule has 1 unspecified atom stereocenters. The van der Waals surface area contributed by atoms with E-state index in [2.05, 4.69) is 30.0 Å². The molecule has 0 bridgehead atoms. The minimum Gasteiger partial charge on any atom is -0.218 e. The number of hydrogen-bond acceptors (Lipinski definition) is 2. The van der Waals surface area contributed by atoms with Crippen molar-refractivity contribution in [3.05, 3.63) is 30.2 Å². The van der Waals surface area contributed by atoms with Gasteiger partial charge >= 0.3 is 0 Å². The molecule has 0 spiro atoms. The Morgan fingerprint density at radius 1 is 1.46 bits per heavy atom. The number of hydrogen-bond donors (Lipinski definition) is 0. The summed E-state index contributed by atoms with van der Waals surface area (Å²) >= 11 is 0. The van der Waals surface area contributed by atoms with Gasteiger partial charge < -0.3 is 0 Å². The lowest BCUT2D eigenvalue weighted by molar-refractivity contribution is 0.675. The first-order chi connectivity index (χ1) is 6.33. The molecule has 0 saturated carbocycles. The van der Waals surface area contributed by atoms with E-state index in [0.29, 0.717) is 5.92 Å². The van der Waals surface area contributed by atoms with Gasteiger partial charge in [-0.1, -0.05) is 19.9 Å². The van der Waals surface area contributed by atoms with Gasteiger partial charge in [0.25, 0.3) is 0 Å². The van der Waals surface area contributed by atoms with Crippen molar-refractivity contribution >= 4 is 5.65 Å². The maximum Gasteiger partial charge on any atom is 0.155 e. The quantitative estimate of drug-likeness (QED) is 0.700. The summed E-state index contributed by atoms with van der Waals surface area (Å²) in [6.07, 6.45) is 2.72. The maximum absolute atomic E-state index is 4.19. The average molecular weight is 175 g/mol. The fourth-order valence-corrected chi connectivity index (χ4v) is 1.45. The molecule has 3 heteroatoms. The number of fused-ring (bicyclic) bond motifs is 1. The molecule has 13 heavy (non-hydrogen) atoms. The normalized spacial score (nSPS) is 13.4. The molecule has 2 heterocycles. The van der Waals surface area contributed by atoms with E-state index in [1.807, 2.05) is 16.6 Å². The van der Waals surface area contributed by atoms with Gasteiger partial charge in [-0.2, -0.15) is 5.10 Å². The van der Waals surface area contributed by atoms with Gasteiger partial charge in [0.15, 0.2) is 5.65 Å². The van der Waals surface area contributed by atoms with E-state index < -0.39 is 0 Å². The van der Waals surface area contributed by atoms with Crippen LogP contribution in [0.5, 0.6) is 0 Å². The van der Waals surface area contributed by atoms with Crippen LogP contribution in [-0.2, 0) is 0 Å². The van der Waals surface area contributed by atoms with Crippen molar-refractivity contribution < 1.29 is 0 Å². The van der Waals surface area contributed by atoms with Crippen LogP contribution in [0.15, 0.2) is 24.5 Å². The second kappa shape index (κ2) is 3.17. The summed E-state index contributed by atoms with van der Waals surface area (Å²) in [5.41, 5.74) is 2.16. The summed E-state index contributed by atoms with van der Waals surface area (Å²) in [6, 6.07) is 6.11. The molecular formula is C10H13N3. The average Bonchev–Trinajstić information content (AvgIpc) is 2.63. The lowest BCUT2D eigenvalue weighted by atomic mass is 10.0. The molecule has 0 aromatic carbocycles. The van der Waals surface area contributed by atoms with Gasteiger partial charge in [0.2, 0.25) is 0 Å². The SMILES string of the molecule is CCC(C)c1cccc2ncnn12. The smallest absolute Gasteiger partial charge is 0.155 e. The molecule has 0 saturated heterocycles. The number of rotatable bonds is 2. The van der Waals surface area contributed by atoms with Crippen LogP contribution in [-0.4, -0.2) is 14.6 Å². The third-order valence-electron chi connectivity index (χ3n) is 2.45. The Bertz CT molecular complexity index is 405. The summed E-state index contributed by atoms with van der Waals surface area (Å²) in [7, 11) is 0. The van der Waals surface area contributed by atoms with Crippen LogP contribution in [0.2, 0.25) is 0 Å². The molecule has 1 atom stereocenters. The molecule has 0 aliphatic rings. The Kier molecular flexibility index (Phi) is 2.00. The monoisotopic (exact) mass is 175 g/mol. The Hall–Kier alpha value is -1.38. The Morgan fingerprint density at radius 3 is 3.08 bits per heavy atom. The number of aromatic nitrogens is 3. The highest BCUT2D eigenvalue weighted by molar-refractivity contribution is 5.38. The molecule has 0 N–H and O–H groups in total. The fourth-order valence-electron chi connectivity index (χ4n) is 1.45. The van der Waals surface area contributed by atoms with Crippen LogP contribution in [0.25, 0.3) is 5.65 Å². The third-order valence-corrected chi connectivity index (χ3v) is 2.45. The second-order valence-electron chi connectivity index (χ2n) is 3.29. The summed E-state index contributed by atoms with van der Waals surface area (Å²) in [6.45, 7) is 4.39. The Balaban J connectivity index is 2.60. The van der Waals surface area contributed by atoms with Gasteiger partial charge in [0.1, 0.15) is 6.33 Å². The molecule has 68 valence electrons. The highest BCUT2D eigenvalue weighted by atomic mass is 15.3. The first-order valence-electron chi connectivity index (χ1n) is 4.61. The first kappa shape index (κ1) is 8.23. The van der Waals surface area contributed by atoms with Crippen molar-refractivity contribution in [2.75, 3.05) is 0 Å². The summed E-state index contributed by atoms with van der Waals surface area (Å²) < 4.78 is 1.91. The van der Waals surface area contributed by atoms with Crippen LogP contribution in [0.1, 0.15) is 31.9 Å². The van der Waals surface area contributed by atoms with Crippen molar-refractivity contribution in [2.45, 2.75) is 26.2 Å². The van der Waals surface area contributed by atoms with Crippen molar-refractivity contribution in [1.29, 1.82) is 0 Å². The summed E-state index contributed by atoms with van der Waals surface area (Å²) in [5.74, 6) is 0.533. The van der Waals surface area contributed by atoms with Crippen LogP contribution in [0.4, 0.5) is 0 Å². The molecule has 0 aliphatic heterocycles. The van der Waals surface area contributed by atoms with Crippen molar-refractivity contribution in [2.24, 2.45) is 0 Å². The van der Waals surface area contributed by atoms with Crippen LogP contribution >= 0.6 is 0 Å². The predicted molar refractivity (Wildman–Crippen MR) is 51.7 cm³/mol. The zero-order valence-electron chi connectivity index (χ0n) is 7.94. The highest BCUT2D eigenvalue weighted by Crippen LogP contribution is 2.18. The van der Waals surface area contributed by atoms with Crippen LogP contribution < -0.4 is 0 Å². The van der Waals surface area contributed by atoms with E-state index in [-0.39, 0.29) is 0 Å². The van der Waals surface area contributed by atoms with Crippen molar-refractivity contribution in [3.8, 4) is 0 Å². The summed E-state index contributed by atoms with van der Waals surface area (Å²) in [4.78, 5) is 4.15. The lowest BCUT2D eigenvalue weighted by Crippen LogP contribution is -2.01. The topological polar surface area (TPSA) is 30.2 Å². The lowest BCUT2D eigenvalue weighted by Gasteiger charge is -2.09. The zero-order chi connectivity index (χ0) is 9.26. The van der Waals surface area contributed by atoms with Crippen molar-refractivity contribution in [3.63, 3.8) is 0 Å². The number of nitrogens with zero attached hydrogens (tertiary/aromatic N) is 3. The maximum atomic E-state index is 4.19. The Labute approximate surface area is 77.4 Å². The minimum atomic E-state index is 0.533. The largest absolute Gasteiger partial charge is 0.218 e. The van der Waals surface area contributed by atoms with E-state index in [0.717, 1.165) is 12.1 Å². The molecular weight excluding hydrogens is 162 g/mol. The molecule has 2 rings (SSSR count). The van der Waals surface area contributed by atoms with E-state index in [1.165, 1.54) is 5.69 Å². The minimum absolute atomic E-state index is 0.533. The molecule has 3 nitrogen and oxygen atoms in total. The Morgan fingerprint density at radius 2 is 2.31 bits per heavy atom. The predicted octanol–water partition coefficient (Wildman–Crippen LogP) is 2.24. The molecule has 0 radical (unpaired) electrons. The second-order valence-corrected chi connectivity index (χ2v) is 3.29. The molecule has 0 aliphatic carbocycles. The van der Waals surface area contributed by atoms with Crippen LogP contribution in [0, 0.1) is 0 Å².